The van der Waals surface area contributed by atoms with Crippen LogP contribution < -0.4 is 21.3 Å². The van der Waals surface area contributed by atoms with Crippen molar-refractivity contribution in [2.24, 2.45) is 0 Å². The molecule has 0 fully saturated rings. The summed E-state index contributed by atoms with van der Waals surface area (Å²) < 4.78 is 13.8. The Morgan fingerprint density at radius 3 is 1.46 bits per heavy atom. The Morgan fingerprint density at radius 1 is 0.630 bits per heavy atom. The molecule has 0 bridgehead atoms. The van der Waals surface area contributed by atoms with Crippen LogP contribution in [0, 0.1) is 27.7 Å². The zero-order valence-electron chi connectivity index (χ0n) is 46.6. The molecule has 4 amide bonds. The molecule has 81 heavy (non-hydrogen) atoms. The summed E-state index contributed by atoms with van der Waals surface area (Å²) in [6.45, 7) is 22.1. The van der Waals surface area contributed by atoms with Gasteiger partial charge in [0.1, 0.15) is 34.2 Å². The van der Waals surface area contributed by atoms with Gasteiger partial charge in [0, 0.05) is 67.0 Å². The van der Waals surface area contributed by atoms with Crippen LogP contribution in [0.4, 0.5) is 21.2 Å². The number of aryl methyl sites for hydroxylation is 4. The zero-order chi connectivity index (χ0) is 58.4. The number of pyridine rings is 4. The number of aliphatic hydroxyl groups is 1. The first-order valence-corrected chi connectivity index (χ1v) is 26.3. The highest BCUT2D eigenvalue weighted by atomic mass is 35.5. The summed E-state index contributed by atoms with van der Waals surface area (Å²) in [5, 5.41) is 33.1. The van der Waals surface area contributed by atoms with Crippen molar-refractivity contribution in [2.45, 2.75) is 134 Å². The van der Waals surface area contributed by atoms with E-state index in [1.165, 1.54) is 6.92 Å². The van der Waals surface area contributed by atoms with Crippen molar-refractivity contribution in [3.8, 4) is 0 Å². The molecule has 0 aliphatic heterocycles. The molecule has 8 aromatic rings. The maximum atomic E-state index is 13.2. The van der Waals surface area contributed by atoms with Gasteiger partial charge in [-0.3, -0.25) is 44.3 Å². The number of nitrogens with one attached hydrogen (secondary N) is 4. The number of benzene rings is 2. The molecule has 0 aliphatic carbocycles. The highest BCUT2D eigenvalue weighted by Gasteiger charge is 2.24. The number of ether oxygens (including phenoxy) is 2. The van der Waals surface area contributed by atoms with Gasteiger partial charge in [0.05, 0.1) is 51.4 Å². The number of Topliss-reactive ketones (excluding diaryl/α,β-unsaturated/α-hetero) is 1. The van der Waals surface area contributed by atoms with E-state index in [-0.39, 0.29) is 54.7 Å². The molecule has 6 heterocycles. The number of anilines is 2. The second-order valence-electron chi connectivity index (χ2n) is 21.2. The molecule has 0 radical (unpaired) electrons. The summed E-state index contributed by atoms with van der Waals surface area (Å²) in [4.78, 5) is 80.4. The Balaban J connectivity index is 0.000000258. The number of amides is 4. The lowest BCUT2D eigenvalue weighted by molar-refractivity contribution is 0.0624. The average molecular weight is 1140 g/mol. The summed E-state index contributed by atoms with van der Waals surface area (Å²) in [5.74, 6) is -0.396. The number of hydrogen-bond acceptors (Lipinski definition) is 14. The van der Waals surface area contributed by atoms with Crippen LogP contribution >= 0.6 is 23.2 Å². The van der Waals surface area contributed by atoms with Crippen LogP contribution in [0.5, 0.6) is 0 Å². The Bertz CT molecular complexity index is 3630. The normalized spacial score (nSPS) is 11.7. The van der Waals surface area contributed by atoms with Crippen molar-refractivity contribution in [3.05, 3.63) is 163 Å². The number of nitrogens with zero attached hydrogens (tertiary/aromatic N) is 8. The lowest BCUT2D eigenvalue weighted by Crippen LogP contribution is -2.28. The van der Waals surface area contributed by atoms with Gasteiger partial charge in [-0.15, -0.1) is 0 Å². The summed E-state index contributed by atoms with van der Waals surface area (Å²) >= 11 is 12.2. The molecule has 0 saturated heterocycles. The molecule has 0 spiro atoms. The number of carbonyl (C=O) groups is 5. The zero-order valence-corrected chi connectivity index (χ0v) is 48.1. The minimum Gasteiger partial charge on any atom is -0.444 e. The van der Waals surface area contributed by atoms with Crippen LogP contribution in [0.2, 0.25) is 10.0 Å². The molecule has 5 N–H and O–H groups in total. The van der Waals surface area contributed by atoms with E-state index in [1.54, 1.807) is 109 Å². The van der Waals surface area contributed by atoms with E-state index in [9.17, 15) is 29.1 Å². The predicted octanol–water partition coefficient (Wildman–Crippen LogP) is 11.7. The van der Waals surface area contributed by atoms with Gasteiger partial charge in [0.15, 0.2) is 5.78 Å². The van der Waals surface area contributed by atoms with Crippen molar-refractivity contribution in [1.82, 2.24) is 50.1 Å². The summed E-state index contributed by atoms with van der Waals surface area (Å²) in [6, 6.07) is 18.7. The third-order valence-corrected chi connectivity index (χ3v) is 12.5. The van der Waals surface area contributed by atoms with E-state index in [2.05, 4.69) is 51.4 Å². The number of carbonyl (C=O) groups excluding carboxylic acids is 5. The van der Waals surface area contributed by atoms with Gasteiger partial charge in [-0.2, -0.15) is 10.2 Å². The maximum Gasteiger partial charge on any atom is 0.413 e. The van der Waals surface area contributed by atoms with Gasteiger partial charge in [-0.1, -0.05) is 42.8 Å². The summed E-state index contributed by atoms with van der Waals surface area (Å²) in [6.07, 6.45) is 4.26. The predicted molar refractivity (Wildman–Crippen MR) is 313 cm³/mol. The number of fused-ring (bicyclic) bond motifs is 2. The second kappa shape index (κ2) is 25.9. The Morgan fingerprint density at radius 2 is 1.05 bits per heavy atom. The van der Waals surface area contributed by atoms with Gasteiger partial charge in [-0.05, 0) is 158 Å². The van der Waals surface area contributed by atoms with Crippen LogP contribution in [-0.2, 0) is 35.7 Å². The van der Waals surface area contributed by atoms with Gasteiger partial charge < -0.3 is 25.2 Å². The number of rotatable bonds is 14. The molecule has 1 unspecified atom stereocenters. The van der Waals surface area contributed by atoms with Crippen molar-refractivity contribution < 1.29 is 38.6 Å². The molecule has 1 atom stereocenters. The van der Waals surface area contributed by atoms with E-state index < -0.39 is 35.4 Å². The van der Waals surface area contributed by atoms with Gasteiger partial charge in [-0.25, -0.2) is 19.6 Å². The monoisotopic (exact) mass is 1140 g/mol. The molecule has 0 aliphatic rings. The lowest BCUT2D eigenvalue weighted by Gasteiger charge is -2.20. The van der Waals surface area contributed by atoms with E-state index in [0.717, 1.165) is 55.2 Å². The van der Waals surface area contributed by atoms with Gasteiger partial charge in [0.25, 0.3) is 11.8 Å². The van der Waals surface area contributed by atoms with E-state index in [1.807, 2.05) is 62.4 Å². The Labute approximate surface area is 480 Å². The minimum absolute atomic E-state index is 0. The average Bonchev–Trinajstić information content (AvgIpc) is 4.01. The fourth-order valence-corrected chi connectivity index (χ4v) is 8.86. The summed E-state index contributed by atoms with van der Waals surface area (Å²) in [5.41, 5.74) is 7.66. The number of hydrogen-bond donors (Lipinski definition) is 5. The molecule has 0 saturated carbocycles. The molecular formula is C59H68Cl2N12O8. The fourth-order valence-electron chi connectivity index (χ4n) is 8.53. The number of aliphatic hydroxyl groups excluding tert-OH is 1. The van der Waals surface area contributed by atoms with Crippen LogP contribution in [0.1, 0.15) is 151 Å². The van der Waals surface area contributed by atoms with Crippen molar-refractivity contribution in [2.75, 3.05) is 10.6 Å². The largest absolute Gasteiger partial charge is 0.444 e. The third kappa shape index (κ3) is 16.9. The first kappa shape index (κ1) is 61.9. The number of halogens is 2. The Hall–Kier alpha value is -8.33. The highest BCUT2D eigenvalue weighted by Crippen LogP contribution is 2.25. The van der Waals surface area contributed by atoms with E-state index in [0.29, 0.717) is 46.2 Å². The van der Waals surface area contributed by atoms with Crippen molar-refractivity contribution in [1.29, 1.82) is 0 Å². The molecule has 8 rings (SSSR count). The lowest BCUT2D eigenvalue weighted by atomic mass is 10.1. The van der Waals surface area contributed by atoms with Crippen molar-refractivity contribution in [3.63, 3.8) is 0 Å². The van der Waals surface area contributed by atoms with Crippen LogP contribution in [0.25, 0.3) is 21.8 Å². The Kier molecular flexibility index (Phi) is 19.7. The fraction of sp³-hybridized carbons (Fsp3) is 0.339. The van der Waals surface area contributed by atoms with E-state index in [4.69, 9.17) is 32.7 Å². The van der Waals surface area contributed by atoms with Gasteiger partial charge in [0.2, 0.25) is 0 Å². The molecule has 2 aromatic carbocycles. The first-order valence-electron chi connectivity index (χ1n) is 25.5. The molecule has 426 valence electrons. The van der Waals surface area contributed by atoms with E-state index >= 15 is 0 Å². The molecular weight excluding hydrogens is 1080 g/mol. The second-order valence-corrected chi connectivity index (χ2v) is 22.1. The van der Waals surface area contributed by atoms with Crippen LogP contribution in [0.3, 0.4) is 0 Å². The maximum absolute atomic E-state index is 13.2. The molecule has 6 aromatic heterocycles. The van der Waals surface area contributed by atoms with Crippen LogP contribution in [0.15, 0.2) is 85.5 Å². The topological polar surface area (TPSA) is 259 Å². The number of ketones is 1. The SMILES string of the molecule is C.CC(=O)c1nn(Cc2ccc3ncc(Cl)cc3c2)cc1C(=O)NCc1c(C)cc(NC(=O)OC(C)(C)C)nc1C.Cc1cc(NC(=O)OC(C)(C)C)nc(C)c1CNC(=O)c1cn(Cc2ccc3ncc(Cl)cc3c2)nc1C(C)O. The molecule has 22 heteroatoms. The standard InChI is InChI=1S/C29H33ClN6O4.C29H31ClN6O4.CH4/c2*1-16-9-25(34-28(39)40-29(4,5)6)33-17(2)22(16)13-32-27(38)23-15-36(35-26(23)18(3)37)14-19-7-8-24-20(10-19)11-21(30)12-31-24;/h7-12,15,18,37H,13-14H2,1-6H3,(H,32,38)(H,33,34,39);7-12,15H,13-14H2,1-6H3,(H,32,38)(H,33,34,39);1H4. The third-order valence-electron chi connectivity index (χ3n) is 12.1. The minimum atomic E-state index is -0.940. The first-order chi connectivity index (χ1) is 37.6. The molecule has 20 nitrogen and oxygen atoms in total. The highest BCUT2D eigenvalue weighted by molar-refractivity contribution is 6.31. The number of aromatic nitrogens is 8. The smallest absolute Gasteiger partial charge is 0.413 e. The quantitative estimate of drug-likeness (QED) is 0.0635. The van der Waals surface area contributed by atoms with Gasteiger partial charge >= 0.3 is 12.2 Å². The summed E-state index contributed by atoms with van der Waals surface area (Å²) in [7, 11) is 0. The van der Waals surface area contributed by atoms with Crippen molar-refractivity contribution >= 4 is 86.4 Å². The van der Waals surface area contributed by atoms with Crippen LogP contribution in [-0.4, -0.2) is 85.6 Å².